The van der Waals surface area contributed by atoms with Gasteiger partial charge in [0.05, 0.1) is 11.9 Å². The topological polar surface area (TPSA) is 90.4 Å². The van der Waals surface area contributed by atoms with Crippen LogP contribution in [0.3, 0.4) is 0 Å². The Morgan fingerprint density at radius 1 is 0.848 bits per heavy atom. The van der Waals surface area contributed by atoms with Crippen molar-refractivity contribution in [2.45, 2.75) is 0 Å². The van der Waals surface area contributed by atoms with Crippen LogP contribution in [0.25, 0.3) is 33.2 Å². The summed E-state index contributed by atoms with van der Waals surface area (Å²) in [7, 11) is 0. The summed E-state index contributed by atoms with van der Waals surface area (Å²) < 4.78 is 0. The standard InChI is InChI=1S/C27H20N4O2/c32-26-15-14-20-8-4-5-9-22(20)23(26)17-28-31-27(33)25-16-24(29-30-25)21-12-10-19(11-13-21)18-6-2-1-3-7-18/h1-17,32H,(H,29,30)(H,31,33)/b28-17-. The maximum Gasteiger partial charge on any atom is 0.289 e. The molecule has 5 rings (SSSR count). The fourth-order valence-electron chi connectivity index (χ4n) is 3.69. The summed E-state index contributed by atoms with van der Waals surface area (Å²) in [6, 6.07) is 30.9. The molecule has 6 heteroatoms. The Bertz CT molecular complexity index is 1460. The van der Waals surface area contributed by atoms with Crippen molar-refractivity contribution in [3.63, 3.8) is 0 Å². The van der Waals surface area contributed by atoms with Crippen LogP contribution in [0.1, 0.15) is 16.1 Å². The number of benzene rings is 4. The Morgan fingerprint density at radius 2 is 1.55 bits per heavy atom. The van der Waals surface area contributed by atoms with Crippen LogP contribution in [0.4, 0.5) is 0 Å². The fourth-order valence-corrected chi connectivity index (χ4v) is 3.69. The van der Waals surface area contributed by atoms with Crippen molar-refractivity contribution < 1.29 is 9.90 Å². The van der Waals surface area contributed by atoms with Gasteiger partial charge in [-0.2, -0.15) is 10.2 Å². The van der Waals surface area contributed by atoms with Gasteiger partial charge in [-0.15, -0.1) is 0 Å². The van der Waals surface area contributed by atoms with Crippen LogP contribution < -0.4 is 5.43 Å². The molecule has 0 aliphatic carbocycles. The Balaban J connectivity index is 1.30. The maximum atomic E-state index is 12.5. The van der Waals surface area contributed by atoms with Gasteiger partial charge in [0.2, 0.25) is 0 Å². The molecule has 3 N–H and O–H groups in total. The number of H-pyrrole nitrogens is 1. The van der Waals surface area contributed by atoms with E-state index >= 15 is 0 Å². The molecule has 0 aliphatic rings. The van der Waals surface area contributed by atoms with Gasteiger partial charge < -0.3 is 5.11 Å². The first-order valence-electron chi connectivity index (χ1n) is 10.4. The molecule has 0 unspecified atom stereocenters. The second-order valence-corrected chi connectivity index (χ2v) is 7.53. The zero-order chi connectivity index (χ0) is 22.6. The van der Waals surface area contributed by atoms with Crippen molar-refractivity contribution >= 4 is 22.9 Å². The average molecular weight is 432 g/mol. The highest BCUT2D eigenvalue weighted by Gasteiger charge is 2.11. The fraction of sp³-hybridized carbons (Fsp3) is 0. The first-order valence-corrected chi connectivity index (χ1v) is 10.4. The van der Waals surface area contributed by atoms with Crippen LogP contribution in [0.15, 0.2) is 102 Å². The first kappa shape index (κ1) is 20.2. The highest BCUT2D eigenvalue weighted by atomic mass is 16.3. The molecule has 6 nitrogen and oxygen atoms in total. The number of hydrogen-bond acceptors (Lipinski definition) is 4. The van der Waals surface area contributed by atoms with Gasteiger partial charge in [-0.05, 0) is 34.0 Å². The number of aromatic nitrogens is 2. The number of phenols is 1. The molecular weight excluding hydrogens is 412 g/mol. The van der Waals surface area contributed by atoms with Gasteiger partial charge in [-0.1, -0.05) is 84.9 Å². The van der Waals surface area contributed by atoms with Crippen molar-refractivity contribution in [2.24, 2.45) is 5.10 Å². The minimum atomic E-state index is -0.425. The third-order valence-corrected chi connectivity index (χ3v) is 5.42. The van der Waals surface area contributed by atoms with E-state index in [0.29, 0.717) is 11.3 Å². The number of hydrazone groups is 1. The molecule has 0 saturated heterocycles. The van der Waals surface area contributed by atoms with Gasteiger partial charge in [0, 0.05) is 11.1 Å². The van der Waals surface area contributed by atoms with Gasteiger partial charge in [0.25, 0.3) is 5.91 Å². The largest absolute Gasteiger partial charge is 0.507 e. The summed E-state index contributed by atoms with van der Waals surface area (Å²) in [5.74, 6) is -0.333. The highest BCUT2D eigenvalue weighted by Crippen LogP contribution is 2.26. The van der Waals surface area contributed by atoms with Crippen molar-refractivity contribution in [3.8, 4) is 28.1 Å². The lowest BCUT2D eigenvalue weighted by molar-refractivity contribution is 0.0950. The molecule has 1 heterocycles. The number of rotatable bonds is 5. The maximum absolute atomic E-state index is 12.5. The summed E-state index contributed by atoms with van der Waals surface area (Å²) in [5.41, 5.74) is 7.12. The lowest BCUT2D eigenvalue weighted by atomic mass is 10.0. The first-order chi connectivity index (χ1) is 16.2. The summed E-state index contributed by atoms with van der Waals surface area (Å²) in [6.45, 7) is 0. The number of carbonyl (C=O) groups is 1. The van der Waals surface area contributed by atoms with E-state index in [1.807, 2.05) is 72.8 Å². The number of aromatic hydroxyl groups is 1. The van der Waals surface area contributed by atoms with Crippen LogP contribution in [0, 0.1) is 0 Å². The minimum absolute atomic E-state index is 0.0921. The Labute approximate surface area is 190 Å². The molecule has 5 aromatic rings. The number of fused-ring (bicyclic) bond motifs is 1. The Hall–Kier alpha value is -4.71. The predicted molar refractivity (Wildman–Crippen MR) is 130 cm³/mol. The number of carbonyl (C=O) groups excluding carboxylic acids is 1. The predicted octanol–water partition coefficient (Wildman–Crippen LogP) is 5.37. The monoisotopic (exact) mass is 432 g/mol. The molecule has 0 fully saturated rings. The Kier molecular flexibility index (Phi) is 5.39. The number of hydrogen-bond donors (Lipinski definition) is 3. The number of nitrogens with zero attached hydrogens (tertiary/aromatic N) is 2. The van der Waals surface area contributed by atoms with E-state index in [4.69, 9.17) is 0 Å². The van der Waals surface area contributed by atoms with Gasteiger partial charge in [-0.25, -0.2) is 5.43 Å². The zero-order valence-corrected chi connectivity index (χ0v) is 17.6. The molecule has 0 bridgehead atoms. The Morgan fingerprint density at radius 3 is 2.36 bits per heavy atom. The van der Waals surface area contributed by atoms with E-state index in [0.717, 1.165) is 27.5 Å². The normalized spacial score (nSPS) is 11.2. The van der Waals surface area contributed by atoms with E-state index in [9.17, 15) is 9.90 Å². The third-order valence-electron chi connectivity index (χ3n) is 5.42. The van der Waals surface area contributed by atoms with E-state index in [1.54, 1.807) is 12.1 Å². The van der Waals surface area contributed by atoms with Crippen LogP contribution in [-0.2, 0) is 0 Å². The number of nitrogens with one attached hydrogen (secondary N) is 2. The van der Waals surface area contributed by atoms with Crippen molar-refractivity contribution in [1.29, 1.82) is 0 Å². The summed E-state index contributed by atoms with van der Waals surface area (Å²) in [4.78, 5) is 12.5. The van der Waals surface area contributed by atoms with Gasteiger partial charge in [-0.3, -0.25) is 9.89 Å². The molecule has 33 heavy (non-hydrogen) atoms. The average Bonchev–Trinajstić information content (AvgIpc) is 3.36. The number of aromatic amines is 1. The van der Waals surface area contributed by atoms with Crippen LogP contribution >= 0.6 is 0 Å². The molecule has 0 spiro atoms. The molecule has 160 valence electrons. The molecule has 1 amide bonds. The summed E-state index contributed by atoms with van der Waals surface area (Å²) in [6.07, 6.45) is 1.44. The van der Waals surface area contributed by atoms with Gasteiger partial charge in [0.1, 0.15) is 11.4 Å². The molecular formula is C27H20N4O2. The summed E-state index contributed by atoms with van der Waals surface area (Å²) >= 11 is 0. The summed E-state index contributed by atoms with van der Waals surface area (Å²) in [5, 5.41) is 23.0. The van der Waals surface area contributed by atoms with E-state index in [2.05, 4.69) is 32.9 Å². The van der Waals surface area contributed by atoms with Gasteiger partial charge >= 0.3 is 0 Å². The molecule has 1 aromatic heterocycles. The lowest BCUT2D eigenvalue weighted by Gasteiger charge is -2.04. The number of phenolic OH excluding ortho intramolecular Hbond substituents is 1. The second kappa shape index (κ2) is 8.80. The van der Waals surface area contributed by atoms with Gasteiger partial charge in [0.15, 0.2) is 0 Å². The van der Waals surface area contributed by atoms with E-state index < -0.39 is 5.91 Å². The molecule has 0 atom stereocenters. The number of amides is 1. The highest BCUT2D eigenvalue weighted by molar-refractivity contribution is 6.03. The van der Waals surface area contributed by atoms with Crippen molar-refractivity contribution in [2.75, 3.05) is 0 Å². The molecule has 0 saturated carbocycles. The lowest BCUT2D eigenvalue weighted by Crippen LogP contribution is -2.18. The van der Waals surface area contributed by atoms with Crippen LogP contribution in [-0.4, -0.2) is 27.4 Å². The smallest absolute Gasteiger partial charge is 0.289 e. The molecule has 0 radical (unpaired) electrons. The SMILES string of the molecule is O=C(N/N=C\c1c(O)ccc2ccccc12)c1cc(-c2ccc(-c3ccccc3)cc2)n[nH]1. The van der Waals surface area contributed by atoms with E-state index in [-0.39, 0.29) is 11.4 Å². The molecule has 0 aliphatic heterocycles. The van der Waals surface area contributed by atoms with Crippen LogP contribution in [0.2, 0.25) is 0 Å². The quantitative estimate of drug-likeness (QED) is 0.258. The molecule has 4 aromatic carbocycles. The second-order valence-electron chi connectivity index (χ2n) is 7.53. The minimum Gasteiger partial charge on any atom is -0.507 e. The zero-order valence-electron chi connectivity index (χ0n) is 17.6. The third kappa shape index (κ3) is 4.22. The van der Waals surface area contributed by atoms with E-state index in [1.165, 1.54) is 6.21 Å². The van der Waals surface area contributed by atoms with Crippen molar-refractivity contribution in [3.05, 3.63) is 108 Å². The van der Waals surface area contributed by atoms with Crippen LogP contribution in [0.5, 0.6) is 5.75 Å². The van der Waals surface area contributed by atoms with Crippen molar-refractivity contribution in [1.82, 2.24) is 15.6 Å².